The molecule has 150 valence electrons. The summed E-state index contributed by atoms with van der Waals surface area (Å²) in [5, 5.41) is 6.75. The van der Waals surface area contributed by atoms with E-state index < -0.39 is 5.91 Å². The van der Waals surface area contributed by atoms with Crippen molar-refractivity contribution < 1.29 is 14.1 Å². The Labute approximate surface area is 160 Å². The minimum Gasteiger partial charge on any atom is -0.364 e. The van der Waals surface area contributed by atoms with Gasteiger partial charge in [-0.25, -0.2) is 0 Å². The maximum Gasteiger partial charge on any atom is 0.270 e. The molecule has 3 saturated carbocycles. The van der Waals surface area contributed by atoms with Crippen molar-refractivity contribution in [2.24, 2.45) is 17.4 Å². The van der Waals surface area contributed by atoms with Gasteiger partial charge in [-0.3, -0.25) is 9.59 Å². The second-order valence-electron chi connectivity index (χ2n) is 8.21. The predicted molar refractivity (Wildman–Crippen MR) is 102 cm³/mol. The van der Waals surface area contributed by atoms with E-state index in [0.717, 1.165) is 44.3 Å². The molecule has 3 aliphatic rings. The quantitative estimate of drug-likeness (QED) is 0.745. The lowest BCUT2D eigenvalue weighted by atomic mass is 9.85. The van der Waals surface area contributed by atoms with Crippen LogP contribution in [-0.2, 0) is 4.79 Å². The zero-order chi connectivity index (χ0) is 19.2. The molecule has 0 radical (unpaired) electrons. The van der Waals surface area contributed by atoms with E-state index >= 15 is 0 Å². The van der Waals surface area contributed by atoms with Gasteiger partial charge in [0, 0.05) is 30.0 Å². The Balaban J connectivity index is 0.000000166. The zero-order valence-corrected chi connectivity index (χ0v) is 16.0. The second-order valence-corrected chi connectivity index (χ2v) is 8.21. The number of carbonyl (C=O) groups excluding carboxylic acids is 2. The summed E-state index contributed by atoms with van der Waals surface area (Å²) in [4.78, 5) is 22.6. The van der Waals surface area contributed by atoms with Crippen LogP contribution < -0.4 is 16.8 Å². The molecular formula is C20H32N4O3. The van der Waals surface area contributed by atoms with Gasteiger partial charge in [-0.2, -0.15) is 0 Å². The third-order valence-corrected chi connectivity index (χ3v) is 5.85. The molecular weight excluding hydrogens is 344 g/mol. The molecule has 0 aromatic carbocycles. The van der Waals surface area contributed by atoms with E-state index in [1.54, 1.807) is 6.07 Å². The molecule has 0 spiro atoms. The van der Waals surface area contributed by atoms with Crippen molar-refractivity contribution in [3.05, 3.63) is 17.5 Å². The van der Waals surface area contributed by atoms with Crippen LogP contribution in [0.2, 0.25) is 0 Å². The summed E-state index contributed by atoms with van der Waals surface area (Å²) < 4.78 is 4.90. The van der Waals surface area contributed by atoms with Gasteiger partial charge in [-0.1, -0.05) is 24.4 Å². The smallest absolute Gasteiger partial charge is 0.270 e. The Morgan fingerprint density at radius 3 is 2.22 bits per heavy atom. The molecule has 0 saturated heterocycles. The van der Waals surface area contributed by atoms with E-state index in [9.17, 15) is 9.59 Å². The van der Waals surface area contributed by atoms with Gasteiger partial charge in [0.1, 0.15) is 5.76 Å². The van der Waals surface area contributed by atoms with Crippen molar-refractivity contribution >= 4 is 11.8 Å². The fourth-order valence-electron chi connectivity index (χ4n) is 3.91. The van der Waals surface area contributed by atoms with Gasteiger partial charge in [0.25, 0.3) is 5.91 Å². The monoisotopic (exact) mass is 376 g/mol. The number of hydrogen-bond acceptors (Lipinski definition) is 5. The summed E-state index contributed by atoms with van der Waals surface area (Å²) in [5.74, 6) is 1.27. The summed E-state index contributed by atoms with van der Waals surface area (Å²) in [6.07, 6.45) is 12.5. The van der Waals surface area contributed by atoms with Crippen molar-refractivity contribution in [1.82, 2.24) is 10.5 Å². The lowest BCUT2D eigenvalue weighted by Gasteiger charge is -2.29. The summed E-state index contributed by atoms with van der Waals surface area (Å²) >= 11 is 0. The standard InChI is InChI=1S/C13H24N2O.C7H8N2O2/c14-11-8-6-10(7-9-11)13(16)15-12-4-2-1-3-5-12;8-7(10)5-3-6(11-9-5)4-1-2-4/h10-12H,1-9,14H2,(H,15,16);3-4H,1-2H2,(H2,8,10). The van der Waals surface area contributed by atoms with Crippen LogP contribution >= 0.6 is 0 Å². The summed E-state index contributed by atoms with van der Waals surface area (Å²) in [7, 11) is 0. The van der Waals surface area contributed by atoms with Crippen LogP contribution in [-0.4, -0.2) is 29.1 Å². The molecule has 0 atom stereocenters. The van der Waals surface area contributed by atoms with E-state index in [4.69, 9.17) is 16.0 Å². The van der Waals surface area contributed by atoms with Crippen molar-refractivity contribution in [3.8, 4) is 0 Å². The largest absolute Gasteiger partial charge is 0.364 e. The molecule has 5 N–H and O–H groups in total. The fraction of sp³-hybridized carbons (Fsp3) is 0.750. The van der Waals surface area contributed by atoms with Gasteiger partial charge in [0.05, 0.1) is 0 Å². The van der Waals surface area contributed by atoms with Crippen LogP contribution in [0.5, 0.6) is 0 Å². The van der Waals surface area contributed by atoms with E-state index in [1.165, 1.54) is 32.1 Å². The SMILES string of the molecule is NC(=O)c1cc(C2CC2)on1.NC1CCC(C(=O)NC2CCCCC2)CC1. The third kappa shape index (κ3) is 6.06. The average Bonchev–Trinajstić information content (AvgIpc) is 3.40. The van der Waals surface area contributed by atoms with Crippen LogP contribution in [0.25, 0.3) is 0 Å². The average molecular weight is 377 g/mol. The fourth-order valence-corrected chi connectivity index (χ4v) is 3.91. The number of amides is 2. The molecule has 7 nitrogen and oxygen atoms in total. The highest BCUT2D eigenvalue weighted by atomic mass is 16.5. The van der Waals surface area contributed by atoms with Crippen molar-refractivity contribution in [2.45, 2.75) is 88.6 Å². The minimum atomic E-state index is -0.527. The van der Waals surface area contributed by atoms with Gasteiger partial charge < -0.3 is 21.3 Å². The highest BCUT2D eigenvalue weighted by molar-refractivity contribution is 5.90. The molecule has 4 rings (SSSR count). The highest BCUT2D eigenvalue weighted by Crippen LogP contribution is 2.40. The number of primary amides is 1. The number of carbonyl (C=O) groups is 2. The van der Waals surface area contributed by atoms with Crippen molar-refractivity contribution in [2.75, 3.05) is 0 Å². The molecule has 0 bridgehead atoms. The topological polar surface area (TPSA) is 124 Å². The molecule has 1 aromatic heterocycles. The van der Waals surface area contributed by atoms with E-state index in [0.29, 0.717) is 23.9 Å². The Bertz CT molecular complexity index is 627. The molecule has 3 fully saturated rings. The summed E-state index contributed by atoms with van der Waals surface area (Å²) in [5.41, 5.74) is 11.1. The Morgan fingerprint density at radius 1 is 1.00 bits per heavy atom. The molecule has 7 heteroatoms. The summed E-state index contributed by atoms with van der Waals surface area (Å²) in [6.45, 7) is 0. The van der Waals surface area contributed by atoms with Crippen LogP contribution in [0, 0.1) is 5.92 Å². The lowest BCUT2D eigenvalue weighted by molar-refractivity contribution is -0.126. The molecule has 1 aromatic rings. The minimum absolute atomic E-state index is 0.229. The van der Waals surface area contributed by atoms with E-state index in [-0.39, 0.29) is 11.6 Å². The van der Waals surface area contributed by atoms with Gasteiger partial charge >= 0.3 is 0 Å². The van der Waals surface area contributed by atoms with Crippen molar-refractivity contribution in [1.29, 1.82) is 0 Å². The predicted octanol–water partition coefficient (Wildman–Crippen LogP) is 2.60. The van der Waals surface area contributed by atoms with Gasteiger partial charge in [-0.15, -0.1) is 0 Å². The molecule has 0 unspecified atom stereocenters. The Hall–Kier alpha value is -1.89. The van der Waals surface area contributed by atoms with E-state index in [1.807, 2.05) is 0 Å². The van der Waals surface area contributed by atoms with Gasteiger partial charge in [0.2, 0.25) is 5.91 Å². The van der Waals surface area contributed by atoms with Crippen molar-refractivity contribution in [3.63, 3.8) is 0 Å². The number of nitrogens with one attached hydrogen (secondary N) is 1. The normalized spacial score (nSPS) is 26.0. The number of nitrogens with zero attached hydrogens (tertiary/aromatic N) is 1. The first kappa shape index (κ1) is 19.9. The molecule has 27 heavy (non-hydrogen) atoms. The first-order chi connectivity index (χ1) is 13.0. The third-order valence-electron chi connectivity index (χ3n) is 5.85. The first-order valence-corrected chi connectivity index (χ1v) is 10.3. The number of hydrogen-bond donors (Lipinski definition) is 3. The zero-order valence-electron chi connectivity index (χ0n) is 16.0. The van der Waals surface area contributed by atoms with Gasteiger partial charge in [-0.05, 0) is 51.4 Å². The number of nitrogens with two attached hydrogens (primary N) is 2. The molecule has 1 heterocycles. The Morgan fingerprint density at radius 2 is 1.67 bits per heavy atom. The van der Waals surface area contributed by atoms with Crippen LogP contribution in [0.1, 0.15) is 92.8 Å². The van der Waals surface area contributed by atoms with Crippen LogP contribution in [0.3, 0.4) is 0 Å². The lowest BCUT2D eigenvalue weighted by Crippen LogP contribution is -2.42. The number of rotatable bonds is 4. The first-order valence-electron chi connectivity index (χ1n) is 10.3. The Kier molecular flexibility index (Phi) is 6.88. The maximum absolute atomic E-state index is 12.0. The van der Waals surface area contributed by atoms with E-state index in [2.05, 4.69) is 10.5 Å². The number of aromatic nitrogens is 1. The summed E-state index contributed by atoms with van der Waals surface area (Å²) in [6, 6.07) is 2.41. The highest BCUT2D eigenvalue weighted by Gasteiger charge is 2.28. The van der Waals surface area contributed by atoms with Crippen LogP contribution in [0.4, 0.5) is 0 Å². The molecule has 2 amide bonds. The van der Waals surface area contributed by atoms with Crippen LogP contribution in [0.15, 0.2) is 10.6 Å². The molecule has 3 aliphatic carbocycles. The molecule has 0 aliphatic heterocycles. The second kappa shape index (κ2) is 9.35. The maximum atomic E-state index is 12.0. The van der Waals surface area contributed by atoms with Gasteiger partial charge in [0.15, 0.2) is 5.69 Å².